The molecule has 5 heteroatoms. The molecule has 1 aromatic rings. The highest BCUT2D eigenvalue weighted by molar-refractivity contribution is 5.36. The summed E-state index contributed by atoms with van der Waals surface area (Å²) in [7, 11) is 0. The molecule has 0 heterocycles. The smallest absolute Gasteiger partial charge is 0.272 e. The molecule has 0 fully saturated rings. The molecule has 1 atom stereocenters. The van der Waals surface area contributed by atoms with Gasteiger partial charge in [-0.3, -0.25) is 0 Å². The number of nitrogens with two attached hydrogens (primary N) is 1. The molecule has 0 radical (unpaired) electrons. The summed E-state index contributed by atoms with van der Waals surface area (Å²) in [6, 6.07) is 3.31. The first-order valence-electron chi connectivity index (χ1n) is 4.46. The Morgan fingerprint density at radius 2 is 2.07 bits per heavy atom. The summed E-state index contributed by atoms with van der Waals surface area (Å²) in [5, 5.41) is 0. The molecular formula is C10H12F3NO. The molecule has 0 bridgehead atoms. The van der Waals surface area contributed by atoms with Crippen molar-refractivity contribution >= 4 is 0 Å². The van der Waals surface area contributed by atoms with Crippen LogP contribution in [0, 0.1) is 5.82 Å². The van der Waals surface area contributed by atoms with Crippen LogP contribution in [0.5, 0.6) is 5.75 Å². The van der Waals surface area contributed by atoms with Gasteiger partial charge >= 0.3 is 0 Å². The molecule has 0 aliphatic carbocycles. The Morgan fingerprint density at radius 1 is 1.40 bits per heavy atom. The Kier molecular flexibility index (Phi) is 3.96. The fourth-order valence-corrected chi connectivity index (χ4v) is 1.16. The summed E-state index contributed by atoms with van der Waals surface area (Å²) in [4.78, 5) is 0. The van der Waals surface area contributed by atoms with Gasteiger partial charge in [0.1, 0.15) is 18.2 Å². The van der Waals surface area contributed by atoms with E-state index in [1.807, 2.05) is 0 Å². The zero-order valence-corrected chi connectivity index (χ0v) is 8.21. The van der Waals surface area contributed by atoms with E-state index in [0.29, 0.717) is 5.56 Å². The Hall–Kier alpha value is -1.23. The average molecular weight is 219 g/mol. The fourth-order valence-electron chi connectivity index (χ4n) is 1.16. The van der Waals surface area contributed by atoms with Gasteiger partial charge in [-0.25, -0.2) is 13.2 Å². The molecule has 0 aliphatic rings. The van der Waals surface area contributed by atoms with E-state index in [1.165, 1.54) is 12.1 Å². The summed E-state index contributed by atoms with van der Waals surface area (Å²) in [6.07, 6.45) is -2.59. The molecule has 0 aromatic heterocycles. The quantitative estimate of drug-likeness (QED) is 0.844. The first-order chi connectivity index (χ1) is 7.00. The molecule has 0 saturated heterocycles. The van der Waals surface area contributed by atoms with Crippen LogP contribution in [0.3, 0.4) is 0 Å². The van der Waals surface area contributed by atoms with Crippen LogP contribution in [0.25, 0.3) is 0 Å². The molecule has 2 nitrogen and oxygen atoms in total. The second-order valence-electron chi connectivity index (χ2n) is 3.17. The van der Waals surface area contributed by atoms with Gasteiger partial charge in [0.25, 0.3) is 6.43 Å². The molecule has 2 N–H and O–H groups in total. The van der Waals surface area contributed by atoms with E-state index in [-0.39, 0.29) is 5.75 Å². The van der Waals surface area contributed by atoms with Gasteiger partial charge in [-0.05, 0) is 13.0 Å². The van der Waals surface area contributed by atoms with E-state index in [9.17, 15) is 13.2 Å². The van der Waals surface area contributed by atoms with Gasteiger partial charge in [-0.15, -0.1) is 0 Å². The minimum atomic E-state index is -2.59. The molecular weight excluding hydrogens is 207 g/mol. The minimum Gasteiger partial charge on any atom is -0.487 e. The highest BCUT2D eigenvalue weighted by Gasteiger charge is 2.11. The van der Waals surface area contributed by atoms with Crippen molar-refractivity contribution in [2.24, 2.45) is 5.73 Å². The lowest BCUT2D eigenvalue weighted by Gasteiger charge is -2.13. The van der Waals surface area contributed by atoms with E-state index in [1.54, 1.807) is 6.92 Å². The molecule has 1 rings (SSSR count). The van der Waals surface area contributed by atoms with E-state index in [0.717, 1.165) is 6.07 Å². The third-order valence-corrected chi connectivity index (χ3v) is 1.83. The number of alkyl halides is 2. The van der Waals surface area contributed by atoms with Crippen molar-refractivity contribution in [1.29, 1.82) is 0 Å². The van der Waals surface area contributed by atoms with Gasteiger partial charge in [0.2, 0.25) is 0 Å². The van der Waals surface area contributed by atoms with Crippen molar-refractivity contribution in [2.75, 3.05) is 6.61 Å². The predicted octanol–water partition coefficient (Wildman–Crippen LogP) is 2.49. The maximum absolute atomic E-state index is 12.8. The minimum absolute atomic E-state index is 0.0744. The van der Waals surface area contributed by atoms with Gasteiger partial charge in [-0.2, -0.15) is 0 Å². The Balaban J connectivity index is 2.87. The number of rotatable bonds is 4. The second-order valence-corrected chi connectivity index (χ2v) is 3.17. The maximum Gasteiger partial charge on any atom is 0.272 e. The van der Waals surface area contributed by atoms with Crippen molar-refractivity contribution in [3.05, 3.63) is 29.6 Å². The SMILES string of the molecule is C[C@H](N)c1ccc(F)cc1OCC(F)F. The molecule has 0 unspecified atom stereocenters. The van der Waals surface area contributed by atoms with Gasteiger partial charge in [0.05, 0.1) is 0 Å². The molecule has 1 aromatic carbocycles. The van der Waals surface area contributed by atoms with Crippen molar-refractivity contribution in [1.82, 2.24) is 0 Å². The van der Waals surface area contributed by atoms with Crippen LogP contribution >= 0.6 is 0 Å². The number of benzene rings is 1. The molecule has 0 aliphatic heterocycles. The lowest BCUT2D eigenvalue weighted by molar-refractivity contribution is 0.0811. The Labute approximate surface area is 85.8 Å². The summed E-state index contributed by atoms with van der Waals surface area (Å²) < 4.78 is 41.4. The first-order valence-corrected chi connectivity index (χ1v) is 4.46. The van der Waals surface area contributed by atoms with Gasteiger partial charge in [0, 0.05) is 17.7 Å². The van der Waals surface area contributed by atoms with E-state index in [2.05, 4.69) is 0 Å². The Bertz CT molecular complexity index is 328. The zero-order chi connectivity index (χ0) is 11.4. The molecule has 15 heavy (non-hydrogen) atoms. The largest absolute Gasteiger partial charge is 0.487 e. The van der Waals surface area contributed by atoms with Crippen LogP contribution in [0.2, 0.25) is 0 Å². The normalized spacial score (nSPS) is 12.9. The summed E-state index contributed by atoms with van der Waals surface area (Å²) in [6.45, 7) is 0.908. The lowest BCUT2D eigenvalue weighted by atomic mass is 10.1. The van der Waals surface area contributed by atoms with Crippen LogP contribution < -0.4 is 10.5 Å². The summed E-state index contributed by atoms with van der Waals surface area (Å²) in [5.74, 6) is -0.464. The van der Waals surface area contributed by atoms with E-state index >= 15 is 0 Å². The standard InChI is InChI=1S/C10H12F3NO/c1-6(14)8-3-2-7(11)4-9(8)15-5-10(12)13/h2-4,6,10H,5,14H2,1H3/t6-/m0/s1. The summed E-state index contributed by atoms with van der Waals surface area (Å²) in [5.41, 5.74) is 6.09. The highest BCUT2D eigenvalue weighted by Crippen LogP contribution is 2.25. The number of hydrogen-bond acceptors (Lipinski definition) is 2. The van der Waals surface area contributed by atoms with Gasteiger partial charge < -0.3 is 10.5 Å². The van der Waals surface area contributed by atoms with Crippen molar-refractivity contribution < 1.29 is 17.9 Å². The predicted molar refractivity (Wildman–Crippen MR) is 50.5 cm³/mol. The second kappa shape index (κ2) is 5.02. The highest BCUT2D eigenvalue weighted by atomic mass is 19.3. The topological polar surface area (TPSA) is 35.2 Å². The van der Waals surface area contributed by atoms with E-state index in [4.69, 9.17) is 10.5 Å². The third-order valence-electron chi connectivity index (χ3n) is 1.83. The van der Waals surface area contributed by atoms with Crippen molar-refractivity contribution in [3.63, 3.8) is 0 Å². The molecule has 0 amide bonds. The van der Waals surface area contributed by atoms with Crippen molar-refractivity contribution in [2.45, 2.75) is 19.4 Å². The third kappa shape index (κ3) is 3.43. The van der Waals surface area contributed by atoms with Crippen LogP contribution in [0.4, 0.5) is 13.2 Å². The van der Waals surface area contributed by atoms with E-state index < -0.39 is 24.9 Å². The van der Waals surface area contributed by atoms with Gasteiger partial charge in [0.15, 0.2) is 0 Å². The van der Waals surface area contributed by atoms with Crippen molar-refractivity contribution in [3.8, 4) is 5.75 Å². The van der Waals surface area contributed by atoms with Crippen LogP contribution in [0.1, 0.15) is 18.5 Å². The fraction of sp³-hybridized carbons (Fsp3) is 0.400. The summed E-state index contributed by atoms with van der Waals surface area (Å²) >= 11 is 0. The lowest BCUT2D eigenvalue weighted by Crippen LogP contribution is -2.12. The van der Waals surface area contributed by atoms with Crippen LogP contribution in [0.15, 0.2) is 18.2 Å². The average Bonchev–Trinajstić information content (AvgIpc) is 2.14. The molecule has 0 saturated carbocycles. The number of hydrogen-bond donors (Lipinski definition) is 1. The molecule has 0 spiro atoms. The van der Waals surface area contributed by atoms with Gasteiger partial charge in [-0.1, -0.05) is 6.07 Å². The number of ether oxygens (including phenoxy) is 1. The van der Waals surface area contributed by atoms with Crippen LogP contribution in [-0.2, 0) is 0 Å². The first kappa shape index (κ1) is 11.8. The van der Waals surface area contributed by atoms with Crippen LogP contribution in [-0.4, -0.2) is 13.0 Å². The number of halogens is 3. The zero-order valence-electron chi connectivity index (χ0n) is 8.21. The monoisotopic (exact) mass is 219 g/mol. The Morgan fingerprint density at radius 3 is 2.60 bits per heavy atom. The molecule has 84 valence electrons. The maximum atomic E-state index is 12.8.